The maximum atomic E-state index is 11.8. The number of unbranched alkanes of at least 4 members (excludes halogenated alkanes) is 11. The molecule has 4 nitrogen and oxygen atoms in total. The number of hydrogen-bond acceptors (Lipinski definition) is 4. The molecule has 0 rings (SSSR count). The Hall–Kier alpha value is -1.32. The normalized spacial score (nSPS) is 12.7. The minimum Gasteiger partial charge on any atom is -0.469 e. The van der Waals surface area contributed by atoms with Crippen LogP contribution in [0.4, 0.5) is 0 Å². The standard InChI is InChI=1S/C21H38O4/c1-5-6-7-8-9-10-11-12-13-14-15-16-17-19(21(23)25-4)18(2)20(22)24-3/h17-18H,5-16H2,1-4H3/b19-17+. The van der Waals surface area contributed by atoms with Crippen molar-refractivity contribution in [2.75, 3.05) is 14.2 Å². The number of hydrogen-bond donors (Lipinski definition) is 0. The molecular formula is C21H38O4. The van der Waals surface area contributed by atoms with Crippen molar-refractivity contribution in [2.24, 2.45) is 5.92 Å². The van der Waals surface area contributed by atoms with E-state index in [0.29, 0.717) is 5.57 Å². The molecule has 0 fully saturated rings. The summed E-state index contributed by atoms with van der Waals surface area (Å²) in [7, 11) is 2.67. The summed E-state index contributed by atoms with van der Waals surface area (Å²) in [6.45, 7) is 3.93. The van der Waals surface area contributed by atoms with Gasteiger partial charge >= 0.3 is 11.9 Å². The van der Waals surface area contributed by atoms with Gasteiger partial charge in [0.15, 0.2) is 0 Å². The average Bonchev–Trinajstić information content (AvgIpc) is 2.63. The first-order valence-corrected chi connectivity index (χ1v) is 9.94. The van der Waals surface area contributed by atoms with Gasteiger partial charge in [0.2, 0.25) is 0 Å². The molecule has 0 N–H and O–H groups in total. The number of methoxy groups -OCH3 is 2. The third kappa shape index (κ3) is 11.8. The molecule has 0 heterocycles. The van der Waals surface area contributed by atoms with E-state index in [9.17, 15) is 9.59 Å². The zero-order valence-electron chi connectivity index (χ0n) is 16.8. The summed E-state index contributed by atoms with van der Waals surface area (Å²) in [5.74, 6) is -1.43. The molecule has 0 radical (unpaired) electrons. The van der Waals surface area contributed by atoms with Gasteiger partial charge in [-0.05, 0) is 19.8 Å². The molecule has 1 unspecified atom stereocenters. The van der Waals surface area contributed by atoms with E-state index in [0.717, 1.165) is 19.3 Å². The number of rotatable bonds is 15. The van der Waals surface area contributed by atoms with E-state index in [1.807, 2.05) is 6.08 Å². The van der Waals surface area contributed by atoms with Gasteiger partial charge in [0.25, 0.3) is 0 Å². The number of ether oxygens (including phenoxy) is 2. The fraction of sp³-hybridized carbons (Fsp3) is 0.810. The smallest absolute Gasteiger partial charge is 0.334 e. The first-order valence-electron chi connectivity index (χ1n) is 9.94. The predicted octanol–water partition coefficient (Wildman–Crippen LogP) is 5.60. The van der Waals surface area contributed by atoms with Gasteiger partial charge in [-0.25, -0.2) is 4.79 Å². The molecule has 0 saturated heterocycles. The van der Waals surface area contributed by atoms with Crippen LogP contribution in [0.5, 0.6) is 0 Å². The highest BCUT2D eigenvalue weighted by molar-refractivity contribution is 5.95. The Morgan fingerprint density at radius 1 is 0.800 bits per heavy atom. The number of esters is 2. The van der Waals surface area contributed by atoms with Crippen LogP contribution in [-0.2, 0) is 19.1 Å². The Bertz CT molecular complexity index is 387. The summed E-state index contributed by atoms with van der Waals surface area (Å²) in [4.78, 5) is 23.4. The van der Waals surface area contributed by atoms with Crippen LogP contribution in [0.3, 0.4) is 0 Å². The van der Waals surface area contributed by atoms with Crippen LogP contribution in [0.25, 0.3) is 0 Å². The van der Waals surface area contributed by atoms with E-state index in [1.54, 1.807) is 6.92 Å². The highest BCUT2D eigenvalue weighted by Crippen LogP contribution is 2.17. The lowest BCUT2D eigenvalue weighted by Gasteiger charge is -2.12. The van der Waals surface area contributed by atoms with Crippen molar-refractivity contribution in [1.29, 1.82) is 0 Å². The molecule has 146 valence electrons. The molecule has 0 aliphatic rings. The van der Waals surface area contributed by atoms with Gasteiger partial charge in [-0.3, -0.25) is 4.79 Å². The second-order valence-corrected chi connectivity index (χ2v) is 6.72. The van der Waals surface area contributed by atoms with Crippen LogP contribution in [0.1, 0.15) is 90.9 Å². The van der Waals surface area contributed by atoms with E-state index in [-0.39, 0.29) is 0 Å². The predicted molar refractivity (Wildman–Crippen MR) is 102 cm³/mol. The van der Waals surface area contributed by atoms with E-state index >= 15 is 0 Å². The van der Waals surface area contributed by atoms with Gasteiger partial charge < -0.3 is 9.47 Å². The van der Waals surface area contributed by atoms with Crippen LogP contribution in [0, 0.1) is 5.92 Å². The van der Waals surface area contributed by atoms with E-state index in [2.05, 4.69) is 6.92 Å². The molecule has 0 saturated carbocycles. The third-order valence-electron chi connectivity index (χ3n) is 4.61. The largest absolute Gasteiger partial charge is 0.469 e. The number of carbonyl (C=O) groups is 2. The minimum absolute atomic E-state index is 0.404. The van der Waals surface area contributed by atoms with Crippen molar-refractivity contribution in [2.45, 2.75) is 90.9 Å². The summed E-state index contributed by atoms with van der Waals surface area (Å²) >= 11 is 0. The lowest BCUT2D eigenvalue weighted by Crippen LogP contribution is -2.21. The second-order valence-electron chi connectivity index (χ2n) is 6.72. The molecular weight excluding hydrogens is 316 g/mol. The second kappa shape index (κ2) is 16.2. The lowest BCUT2D eigenvalue weighted by molar-refractivity contribution is -0.146. The van der Waals surface area contributed by atoms with Gasteiger partial charge in [-0.1, -0.05) is 77.2 Å². The Balaban J connectivity index is 3.88. The molecule has 4 heteroatoms. The van der Waals surface area contributed by atoms with Crippen LogP contribution in [0.15, 0.2) is 11.6 Å². The topological polar surface area (TPSA) is 52.6 Å². The molecule has 1 atom stereocenters. The highest BCUT2D eigenvalue weighted by atomic mass is 16.5. The van der Waals surface area contributed by atoms with Crippen LogP contribution in [0.2, 0.25) is 0 Å². The van der Waals surface area contributed by atoms with Gasteiger partial charge in [-0.15, -0.1) is 0 Å². The van der Waals surface area contributed by atoms with Crippen LogP contribution >= 0.6 is 0 Å². The third-order valence-corrected chi connectivity index (χ3v) is 4.61. The summed E-state index contributed by atoms with van der Waals surface area (Å²) in [5.41, 5.74) is 0.404. The molecule has 0 bridgehead atoms. The van der Waals surface area contributed by atoms with E-state index in [4.69, 9.17) is 9.47 Å². The fourth-order valence-electron chi connectivity index (χ4n) is 2.92. The zero-order valence-corrected chi connectivity index (χ0v) is 16.8. The molecule has 0 aromatic heterocycles. The summed E-state index contributed by atoms with van der Waals surface area (Å²) in [6.07, 6.45) is 16.9. The SMILES string of the molecule is CCCCCCCCCCCCC/C=C(/C(=O)OC)C(C)C(=O)OC. The molecule has 0 amide bonds. The zero-order chi connectivity index (χ0) is 18.9. The van der Waals surface area contributed by atoms with E-state index in [1.165, 1.54) is 72.0 Å². The first-order chi connectivity index (χ1) is 12.1. The molecule has 25 heavy (non-hydrogen) atoms. The molecule has 0 spiro atoms. The highest BCUT2D eigenvalue weighted by Gasteiger charge is 2.24. The first kappa shape index (κ1) is 23.7. The van der Waals surface area contributed by atoms with Gasteiger partial charge in [-0.2, -0.15) is 0 Å². The van der Waals surface area contributed by atoms with Crippen molar-refractivity contribution in [3.05, 3.63) is 11.6 Å². The fourth-order valence-corrected chi connectivity index (χ4v) is 2.92. The van der Waals surface area contributed by atoms with Gasteiger partial charge in [0.05, 0.1) is 20.1 Å². The number of carbonyl (C=O) groups excluding carboxylic acids is 2. The minimum atomic E-state index is -0.579. The molecule has 0 aromatic rings. The Labute approximate surface area is 154 Å². The molecule has 0 aliphatic carbocycles. The van der Waals surface area contributed by atoms with Crippen molar-refractivity contribution < 1.29 is 19.1 Å². The maximum absolute atomic E-state index is 11.8. The quantitative estimate of drug-likeness (QED) is 0.218. The van der Waals surface area contributed by atoms with Crippen LogP contribution in [-0.4, -0.2) is 26.2 Å². The van der Waals surface area contributed by atoms with Gasteiger partial charge in [0.1, 0.15) is 0 Å². The summed E-state index contributed by atoms with van der Waals surface area (Å²) in [6, 6.07) is 0. The maximum Gasteiger partial charge on any atom is 0.334 e. The summed E-state index contributed by atoms with van der Waals surface area (Å²) < 4.78 is 9.48. The lowest BCUT2D eigenvalue weighted by atomic mass is 9.99. The van der Waals surface area contributed by atoms with Gasteiger partial charge in [0, 0.05) is 5.57 Å². The van der Waals surface area contributed by atoms with E-state index < -0.39 is 17.9 Å². The van der Waals surface area contributed by atoms with Crippen molar-refractivity contribution in [3.63, 3.8) is 0 Å². The molecule has 0 aromatic carbocycles. The number of allylic oxidation sites excluding steroid dienone is 1. The average molecular weight is 355 g/mol. The Morgan fingerprint density at radius 3 is 1.72 bits per heavy atom. The Morgan fingerprint density at radius 2 is 1.28 bits per heavy atom. The van der Waals surface area contributed by atoms with Crippen LogP contribution < -0.4 is 0 Å². The molecule has 0 aliphatic heterocycles. The van der Waals surface area contributed by atoms with Crippen molar-refractivity contribution in [1.82, 2.24) is 0 Å². The monoisotopic (exact) mass is 354 g/mol. The summed E-state index contributed by atoms with van der Waals surface area (Å²) in [5, 5.41) is 0. The van der Waals surface area contributed by atoms with Crippen molar-refractivity contribution >= 4 is 11.9 Å². The Kier molecular flexibility index (Phi) is 15.3. The van der Waals surface area contributed by atoms with Crippen molar-refractivity contribution in [3.8, 4) is 0 Å².